The highest BCUT2D eigenvalue weighted by Gasteiger charge is 2.33. The second kappa shape index (κ2) is 10.9. The molecule has 1 N–H and O–H groups in total. The van der Waals surface area contributed by atoms with Crippen LogP contribution in [-0.2, 0) is 27.5 Å². The van der Waals surface area contributed by atoms with Gasteiger partial charge in [-0.3, -0.25) is 9.69 Å². The van der Waals surface area contributed by atoms with E-state index in [2.05, 4.69) is 15.3 Å². The molecular weight excluding hydrogens is 527 g/mol. The van der Waals surface area contributed by atoms with Gasteiger partial charge in [0.25, 0.3) is 0 Å². The average molecular weight is 558 g/mol. The van der Waals surface area contributed by atoms with Crippen LogP contribution in [-0.4, -0.2) is 103 Å². The van der Waals surface area contributed by atoms with Gasteiger partial charge in [0.1, 0.15) is 0 Å². The lowest BCUT2D eigenvalue weighted by Crippen LogP contribution is -2.50. The number of nitrogens with one attached hydrogen (secondary N) is 1. The highest BCUT2D eigenvalue weighted by molar-refractivity contribution is 7.88. The number of amides is 2. The number of piperazine rings is 2. The summed E-state index contributed by atoms with van der Waals surface area (Å²) >= 11 is 0. The molecule has 0 spiro atoms. The van der Waals surface area contributed by atoms with Crippen LogP contribution in [0.15, 0.2) is 30.5 Å². The Balaban J connectivity index is 1.43. The van der Waals surface area contributed by atoms with Crippen LogP contribution in [0.2, 0.25) is 0 Å². The molecule has 1 aromatic heterocycles. The predicted molar refractivity (Wildman–Crippen MR) is 134 cm³/mol. The zero-order valence-corrected chi connectivity index (χ0v) is 21.9. The normalized spacial score (nSPS) is 18.0. The molecule has 2 amide bonds. The van der Waals surface area contributed by atoms with Crippen LogP contribution < -0.4 is 10.2 Å². The van der Waals surface area contributed by atoms with E-state index in [-0.39, 0.29) is 43.9 Å². The summed E-state index contributed by atoms with van der Waals surface area (Å²) in [6.45, 7) is 4.52. The molecule has 0 saturated carbocycles. The maximum atomic E-state index is 13.5. The Hall–Kier alpha value is -3.17. The first kappa shape index (κ1) is 27.9. The number of hydrogen-bond donors (Lipinski definition) is 1. The number of hydrogen-bond acceptors (Lipinski definition) is 7. The molecule has 0 aliphatic carbocycles. The monoisotopic (exact) mass is 557 g/mol. The second-order valence-corrected chi connectivity index (χ2v) is 11.3. The fraction of sp³-hybridized carbons (Fsp3) is 0.522. The fourth-order valence-corrected chi connectivity index (χ4v) is 5.42. The van der Waals surface area contributed by atoms with E-state index in [0.29, 0.717) is 44.0 Å². The molecular formula is C23H30F3N7O4S. The van der Waals surface area contributed by atoms with Crippen LogP contribution in [0.25, 0.3) is 0 Å². The number of carbonyl (C=O) groups excluding carboxylic acids is 2. The topological polar surface area (TPSA) is 111 Å². The maximum Gasteiger partial charge on any atom is 0.416 e. The number of aromatic nitrogens is 2. The summed E-state index contributed by atoms with van der Waals surface area (Å²) in [5.74, 6) is -0.0205. The van der Waals surface area contributed by atoms with Crippen molar-refractivity contribution in [2.75, 3.05) is 68.8 Å². The Morgan fingerprint density at radius 1 is 1.00 bits per heavy atom. The maximum absolute atomic E-state index is 13.5. The van der Waals surface area contributed by atoms with E-state index in [0.717, 1.165) is 23.1 Å². The van der Waals surface area contributed by atoms with Crippen LogP contribution in [0.3, 0.4) is 0 Å². The summed E-state index contributed by atoms with van der Waals surface area (Å²) in [5.41, 5.74) is 0.390. The molecule has 0 radical (unpaired) electrons. The van der Waals surface area contributed by atoms with E-state index in [9.17, 15) is 31.2 Å². The number of halogens is 3. The van der Waals surface area contributed by atoms with E-state index in [1.807, 2.05) is 0 Å². The zero-order chi connectivity index (χ0) is 27.7. The smallest absolute Gasteiger partial charge is 0.369 e. The zero-order valence-electron chi connectivity index (χ0n) is 21.1. The minimum absolute atomic E-state index is 0.201. The molecule has 1 aromatic carbocycles. The molecule has 2 saturated heterocycles. The van der Waals surface area contributed by atoms with Gasteiger partial charge >= 0.3 is 12.2 Å². The third-order valence-corrected chi connectivity index (χ3v) is 7.89. The number of benzene rings is 1. The van der Waals surface area contributed by atoms with Gasteiger partial charge in [0.15, 0.2) is 5.82 Å². The van der Waals surface area contributed by atoms with Crippen molar-refractivity contribution in [1.29, 1.82) is 0 Å². The summed E-state index contributed by atoms with van der Waals surface area (Å²) < 4.78 is 66.6. The number of anilines is 2. The average Bonchev–Trinajstić information content (AvgIpc) is 3.31. The highest BCUT2D eigenvalue weighted by Crippen LogP contribution is 2.34. The summed E-state index contributed by atoms with van der Waals surface area (Å²) in [6.07, 6.45) is -1.91. The Kier molecular flexibility index (Phi) is 7.99. The van der Waals surface area contributed by atoms with Crippen molar-refractivity contribution in [3.63, 3.8) is 0 Å². The van der Waals surface area contributed by atoms with Crippen molar-refractivity contribution in [2.24, 2.45) is 0 Å². The van der Waals surface area contributed by atoms with E-state index < -0.39 is 21.8 Å². The van der Waals surface area contributed by atoms with Gasteiger partial charge < -0.3 is 15.1 Å². The van der Waals surface area contributed by atoms with Gasteiger partial charge in [0.05, 0.1) is 11.8 Å². The largest absolute Gasteiger partial charge is 0.416 e. The van der Waals surface area contributed by atoms with Crippen molar-refractivity contribution in [3.05, 3.63) is 41.6 Å². The SMILES string of the molecule is CC(=O)Nc1ccn(C(=O)N2CCN(Cc3ccc(C(F)(F)F)cc3N3CCN(S(C)(=O)=O)CC3)CC2)n1. The lowest BCUT2D eigenvalue weighted by atomic mass is 10.1. The van der Waals surface area contributed by atoms with Crippen LogP contribution in [0, 0.1) is 0 Å². The molecule has 2 aliphatic rings. The van der Waals surface area contributed by atoms with E-state index in [1.54, 1.807) is 9.80 Å². The lowest BCUT2D eigenvalue weighted by molar-refractivity contribution is -0.137. The first-order valence-electron chi connectivity index (χ1n) is 12.1. The standard InChI is InChI=1S/C23H30F3N7O4S/c1-17(34)27-21-5-6-33(28-21)22(35)31-9-7-29(8-10-31)16-18-3-4-19(23(24,25)26)15-20(18)30-11-13-32(14-12-30)38(2,36)37/h3-6,15H,7-14,16H2,1-2H3,(H,27,28,34). The van der Waals surface area contributed by atoms with Gasteiger partial charge in [-0.05, 0) is 17.7 Å². The Bertz CT molecular complexity index is 1280. The third-order valence-electron chi connectivity index (χ3n) is 6.59. The summed E-state index contributed by atoms with van der Waals surface area (Å²) in [7, 11) is -3.37. The van der Waals surface area contributed by atoms with Crippen molar-refractivity contribution in [2.45, 2.75) is 19.6 Å². The first-order chi connectivity index (χ1) is 17.8. The number of alkyl halides is 3. The molecule has 208 valence electrons. The van der Waals surface area contributed by atoms with Crippen LogP contribution in [0.5, 0.6) is 0 Å². The van der Waals surface area contributed by atoms with Gasteiger partial charge in [-0.2, -0.15) is 22.2 Å². The molecule has 2 fully saturated rings. The summed E-state index contributed by atoms with van der Waals surface area (Å²) in [6, 6.07) is 4.87. The molecule has 38 heavy (non-hydrogen) atoms. The molecule has 2 aliphatic heterocycles. The molecule has 0 bridgehead atoms. The van der Waals surface area contributed by atoms with Gasteiger partial charge in [0, 0.05) is 83.8 Å². The molecule has 0 unspecified atom stereocenters. The van der Waals surface area contributed by atoms with Gasteiger partial charge in [-0.25, -0.2) is 13.2 Å². The van der Waals surface area contributed by atoms with Crippen molar-refractivity contribution in [3.8, 4) is 0 Å². The third kappa shape index (κ3) is 6.63. The summed E-state index contributed by atoms with van der Waals surface area (Å²) in [4.78, 5) is 29.5. The van der Waals surface area contributed by atoms with Crippen molar-refractivity contribution in [1.82, 2.24) is 23.9 Å². The molecule has 3 heterocycles. The molecule has 15 heteroatoms. The fourth-order valence-electron chi connectivity index (χ4n) is 4.59. The molecule has 11 nitrogen and oxygen atoms in total. The van der Waals surface area contributed by atoms with E-state index in [4.69, 9.17) is 0 Å². The summed E-state index contributed by atoms with van der Waals surface area (Å²) in [5, 5.41) is 6.58. The number of sulfonamides is 1. The number of carbonyl (C=O) groups is 2. The lowest BCUT2D eigenvalue weighted by Gasteiger charge is -2.38. The quantitative estimate of drug-likeness (QED) is 0.596. The first-order valence-corrected chi connectivity index (χ1v) is 13.9. The highest BCUT2D eigenvalue weighted by atomic mass is 32.2. The van der Waals surface area contributed by atoms with Gasteiger partial charge in [-0.15, -0.1) is 5.10 Å². The minimum atomic E-state index is -4.50. The van der Waals surface area contributed by atoms with Crippen LogP contribution >= 0.6 is 0 Å². The van der Waals surface area contributed by atoms with Crippen molar-refractivity contribution >= 4 is 33.5 Å². The van der Waals surface area contributed by atoms with Crippen LogP contribution in [0.1, 0.15) is 18.1 Å². The Morgan fingerprint density at radius 3 is 2.24 bits per heavy atom. The Labute approximate surface area is 218 Å². The van der Waals surface area contributed by atoms with E-state index in [1.165, 1.54) is 29.6 Å². The second-order valence-electron chi connectivity index (χ2n) is 9.36. The number of nitrogens with zero attached hydrogens (tertiary/aromatic N) is 6. The Morgan fingerprint density at radius 2 is 1.66 bits per heavy atom. The van der Waals surface area contributed by atoms with E-state index >= 15 is 0 Å². The van der Waals surface area contributed by atoms with Crippen molar-refractivity contribution < 1.29 is 31.2 Å². The van der Waals surface area contributed by atoms with Gasteiger partial charge in [0.2, 0.25) is 15.9 Å². The predicted octanol–water partition coefficient (Wildman–Crippen LogP) is 1.73. The van der Waals surface area contributed by atoms with Crippen LogP contribution in [0.4, 0.5) is 29.5 Å². The number of rotatable bonds is 5. The molecule has 0 atom stereocenters. The molecule has 2 aromatic rings. The molecule has 4 rings (SSSR count). The van der Waals surface area contributed by atoms with Gasteiger partial charge in [-0.1, -0.05) is 6.07 Å². The minimum Gasteiger partial charge on any atom is -0.369 e.